The third kappa shape index (κ3) is 11.9. The van der Waals surface area contributed by atoms with E-state index in [2.05, 4.69) is 44.9 Å². The molecule has 2 saturated heterocycles. The Labute approximate surface area is 366 Å². The fourth-order valence-corrected chi connectivity index (χ4v) is 8.72. The first-order chi connectivity index (χ1) is 29.7. The van der Waals surface area contributed by atoms with Crippen LogP contribution in [0.1, 0.15) is 117 Å². The summed E-state index contributed by atoms with van der Waals surface area (Å²) in [6.45, 7) is 13.1. The molecule has 4 N–H and O–H groups in total. The van der Waals surface area contributed by atoms with Crippen LogP contribution in [-0.4, -0.2) is 103 Å². The number of piperidine rings is 2. The van der Waals surface area contributed by atoms with Gasteiger partial charge in [0.25, 0.3) is 17.5 Å². The number of aromatic carboxylic acids is 1. The number of anilines is 2. The summed E-state index contributed by atoms with van der Waals surface area (Å²) in [5.74, 6) is 1.26. The van der Waals surface area contributed by atoms with E-state index in [1.807, 2.05) is 51.3 Å². The molecule has 21 heteroatoms. The van der Waals surface area contributed by atoms with Gasteiger partial charge in [-0.2, -0.15) is 9.97 Å². The summed E-state index contributed by atoms with van der Waals surface area (Å²) in [6, 6.07) is 13.6. The zero-order valence-electron chi connectivity index (χ0n) is 36.7. The molecule has 2 atom stereocenters. The number of nitrogens with one attached hydrogen (secondary N) is 3. The fraction of sp³-hybridized carbons (Fsp3) is 0.429. The highest BCUT2D eigenvalue weighted by Gasteiger charge is 2.33. The molecule has 19 nitrogen and oxygen atoms in total. The van der Waals surface area contributed by atoms with Crippen molar-refractivity contribution in [3.05, 3.63) is 105 Å². The summed E-state index contributed by atoms with van der Waals surface area (Å²) in [5, 5.41) is 21.5. The van der Waals surface area contributed by atoms with Gasteiger partial charge < -0.3 is 15.3 Å². The minimum Gasteiger partial charge on any atom is -0.478 e. The minimum absolute atomic E-state index is 0.0552. The van der Waals surface area contributed by atoms with E-state index in [4.69, 9.17) is 5.11 Å². The van der Waals surface area contributed by atoms with Gasteiger partial charge in [0.2, 0.25) is 20.0 Å². The Hall–Kier alpha value is -6.06. The molecule has 6 aromatic rings. The van der Waals surface area contributed by atoms with Gasteiger partial charge in [-0.25, -0.2) is 40.6 Å². The molecule has 6 heterocycles. The Bertz CT molecular complexity index is 2890. The fourth-order valence-electron chi connectivity index (χ4n) is 7.57. The number of amides is 1. The van der Waals surface area contributed by atoms with Crippen molar-refractivity contribution in [1.29, 1.82) is 0 Å². The van der Waals surface area contributed by atoms with Crippen LogP contribution in [0.25, 0.3) is 11.6 Å². The molecule has 0 saturated carbocycles. The number of rotatable bonds is 8. The van der Waals surface area contributed by atoms with Crippen LogP contribution in [0.15, 0.2) is 48.5 Å². The second kappa shape index (κ2) is 19.1. The molecule has 2 fully saturated rings. The predicted molar refractivity (Wildman–Crippen MR) is 239 cm³/mol. The predicted octanol–water partition coefficient (Wildman–Crippen LogP) is 5.41. The van der Waals surface area contributed by atoms with Gasteiger partial charge in [-0.1, -0.05) is 29.7 Å². The first-order valence-electron chi connectivity index (χ1n) is 20.5. The van der Waals surface area contributed by atoms with Gasteiger partial charge in [0.1, 0.15) is 0 Å². The molecule has 4 aromatic heterocycles. The van der Waals surface area contributed by atoms with Crippen molar-refractivity contribution in [2.75, 3.05) is 35.0 Å². The summed E-state index contributed by atoms with van der Waals surface area (Å²) in [5.41, 5.74) is 6.11. The van der Waals surface area contributed by atoms with E-state index in [1.54, 1.807) is 40.6 Å². The number of hydrogen-bond acceptors (Lipinski definition) is 13. The summed E-state index contributed by atoms with van der Waals surface area (Å²) in [4.78, 5) is 44.2. The molecule has 0 unspecified atom stereocenters. The maximum Gasteiger partial charge on any atom is 0.337 e. The number of sulfonamides is 2. The maximum absolute atomic E-state index is 13.6. The molecular formula is C42H54N12O7S2. The van der Waals surface area contributed by atoms with Gasteiger partial charge in [0, 0.05) is 29.3 Å². The molecule has 2 aromatic carbocycles. The second-order valence-electron chi connectivity index (χ2n) is 16.1. The maximum atomic E-state index is 13.6. The zero-order valence-corrected chi connectivity index (χ0v) is 38.3. The van der Waals surface area contributed by atoms with E-state index in [9.17, 15) is 26.4 Å². The lowest BCUT2D eigenvalue weighted by atomic mass is 9.99. The largest absolute Gasteiger partial charge is 0.478 e. The summed E-state index contributed by atoms with van der Waals surface area (Å²) in [7, 11) is -6.99. The lowest BCUT2D eigenvalue weighted by Crippen LogP contribution is -2.39. The Morgan fingerprint density at radius 2 is 1.17 bits per heavy atom. The number of aryl methyl sites for hydroxylation is 6. The van der Waals surface area contributed by atoms with Crippen LogP contribution in [0.2, 0.25) is 0 Å². The molecule has 0 radical (unpaired) electrons. The average molecular weight is 903 g/mol. The lowest BCUT2D eigenvalue weighted by Gasteiger charge is -2.34. The number of carboxylic acid groups (broad SMARTS) is 1. The number of hydrogen-bond donors (Lipinski definition) is 4. The first kappa shape index (κ1) is 46.4. The number of aromatic nitrogens is 8. The van der Waals surface area contributed by atoms with Gasteiger partial charge >= 0.3 is 5.97 Å². The molecule has 2 aliphatic heterocycles. The zero-order chi connectivity index (χ0) is 45.8. The molecule has 0 spiro atoms. The van der Waals surface area contributed by atoms with Gasteiger partial charge in [0.15, 0.2) is 11.6 Å². The summed E-state index contributed by atoms with van der Waals surface area (Å²) >= 11 is 0. The molecule has 0 bridgehead atoms. The normalized spacial score (nSPS) is 16.7. The molecular weight excluding hydrogens is 849 g/mol. The van der Waals surface area contributed by atoms with Crippen molar-refractivity contribution in [3.63, 3.8) is 0 Å². The van der Waals surface area contributed by atoms with Crippen molar-refractivity contribution in [2.45, 2.75) is 92.2 Å². The van der Waals surface area contributed by atoms with Gasteiger partial charge in [-0.05, 0) is 117 Å². The quantitative estimate of drug-likeness (QED) is 0.149. The van der Waals surface area contributed by atoms with E-state index >= 15 is 0 Å². The highest BCUT2D eigenvalue weighted by atomic mass is 32.2. The van der Waals surface area contributed by atoms with Crippen LogP contribution < -0.4 is 14.8 Å². The van der Waals surface area contributed by atoms with E-state index in [0.717, 1.165) is 84.5 Å². The van der Waals surface area contributed by atoms with Crippen LogP contribution >= 0.6 is 0 Å². The number of nitrogens with zero attached hydrogens (tertiary/aromatic N) is 9. The third-order valence-corrected chi connectivity index (χ3v) is 11.5. The van der Waals surface area contributed by atoms with Crippen LogP contribution in [0.5, 0.6) is 0 Å². The lowest BCUT2D eigenvalue weighted by molar-refractivity contribution is 0.0600. The Kier molecular flexibility index (Phi) is 14.1. The Morgan fingerprint density at radius 1 is 0.667 bits per heavy atom. The summed E-state index contributed by atoms with van der Waals surface area (Å²) in [6.07, 6.45) is 8.22. The number of likely N-dealkylation sites (tertiary alicyclic amines) is 1. The van der Waals surface area contributed by atoms with Gasteiger partial charge in [-0.3, -0.25) is 14.2 Å². The number of carboxylic acids is 1. The number of fused-ring (bicyclic) bond motifs is 2. The van der Waals surface area contributed by atoms with E-state index in [-0.39, 0.29) is 28.9 Å². The highest BCUT2D eigenvalue weighted by Crippen LogP contribution is 2.33. The van der Waals surface area contributed by atoms with Crippen molar-refractivity contribution < 1.29 is 31.5 Å². The van der Waals surface area contributed by atoms with E-state index in [0.29, 0.717) is 35.5 Å². The second-order valence-corrected chi connectivity index (χ2v) is 19.6. The van der Waals surface area contributed by atoms with Crippen LogP contribution in [0, 0.1) is 41.5 Å². The van der Waals surface area contributed by atoms with Crippen LogP contribution in [0.3, 0.4) is 0 Å². The first-order valence-corrected chi connectivity index (χ1v) is 24.3. The van der Waals surface area contributed by atoms with E-state index < -0.39 is 26.0 Å². The average Bonchev–Trinajstić information content (AvgIpc) is 3.84. The molecule has 63 heavy (non-hydrogen) atoms. The van der Waals surface area contributed by atoms with Crippen molar-refractivity contribution in [2.24, 2.45) is 0 Å². The number of benzene rings is 2. The van der Waals surface area contributed by atoms with Crippen LogP contribution in [0.4, 0.5) is 11.4 Å². The molecule has 2 aliphatic rings. The van der Waals surface area contributed by atoms with Crippen molar-refractivity contribution >= 4 is 54.9 Å². The van der Waals surface area contributed by atoms with Crippen LogP contribution in [-0.2, 0) is 20.0 Å². The van der Waals surface area contributed by atoms with Gasteiger partial charge in [0.05, 0.1) is 47.1 Å². The smallest absolute Gasteiger partial charge is 0.337 e. The Balaban J connectivity index is 0.000000174. The standard InChI is InChI=1S/C21H26N6O3S.C12H17N5.C9H11NO4S/c1-13-8-9-17(25-31(4,29)30)16(11-13)20(28)26-10-6-5-7-18(26)19-23-21-22-14(2)12-15(3)27(21)24-19;1-8-7-9(2)17-12(14-8)15-11(16-17)10-5-3-4-6-13-10;1-6-3-4-8(10-15(2,13)14)7(5-6)9(11)12/h8-9,11-12,18,25H,5-7,10H2,1-4H3;7,10,13H,3-6H2,1-2H3;3-5,10H,1-2H3,(H,11,12)/t18-;10-;/m00./s1. The number of carbonyl (C=O) groups is 2. The van der Waals surface area contributed by atoms with Crippen molar-refractivity contribution in [1.82, 2.24) is 49.4 Å². The minimum atomic E-state index is -3.53. The molecule has 0 aliphatic carbocycles. The van der Waals surface area contributed by atoms with E-state index in [1.165, 1.54) is 25.0 Å². The third-order valence-electron chi connectivity index (χ3n) is 10.4. The highest BCUT2D eigenvalue weighted by molar-refractivity contribution is 7.92. The molecule has 8 rings (SSSR count). The SMILES string of the molecule is Cc1cc(C)n2nc([C@@H]3CCCCN3)nc2n1.Cc1ccc(NS(C)(=O)=O)c(C(=O)N2CCCC[C@H]2c2nc3nc(C)cc(C)n3n2)c1.Cc1ccc(NS(C)(=O)=O)c(C(=O)O)c1. The van der Waals surface area contributed by atoms with Gasteiger partial charge in [-0.15, -0.1) is 10.2 Å². The topological polar surface area (TPSA) is 248 Å². The monoisotopic (exact) mass is 902 g/mol. The summed E-state index contributed by atoms with van der Waals surface area (Å²) < 4.78 is 53.7. The van der Waals surface area contributed by atoms with Crippen molar-refractivity contribution in [3.8, 4) is 0 Å². The Morgan fingerprint density at radius 3 is 1.70 bits per heavy atom. The molecule has 336 valence electrons. The number of carbonyl (C=O) groups excluding carboxylic acids is 1. The molecule has 1 amide bonds.